The number of carbonyl (C=O) groups excluding carboxylic acids is 2. The van der Waals surface area contributed by atoms with Crippen molar-refractivity contribution in [2.24, 2.45) is 5.73 Å². The summed E-state index contributed by atoms with van der Waals surface area (Å²) in [5.74, 6) is -1.53. The highest BCUT2D eigenvalue weighted by atomic mass is 16.6. The average Bonchev–Trinajstić information content (AvgIpc) is 2.51. The summed E-state index contributed by atoms with van der Waals surface area (Å²) in [5, 5.41) is 34.2. The second-order valence-electron chi connectivity index (χ2n) is 5.29. The van der Waals surface area contributed by atoms with Crippen molar-refractivity contribution in [3.63, 3.8) is 0 Å². The molecule has 0 saturated carbocycles. The fourth-order valence-corrected chi connectivity index (χ4v) is 1.76. The van der Waals surface area contributed by atoms with Gasteiger partial charge in [-0.15, -0.1) is 0 Å². The quantitative estimate of drug-likeness (QED) is 0.317. The Morgan fingerprint density at radius 1 is 1.12 bits per heavy atom. The molecule has 0 aliphatic rings. The van der Waals surface area contributed by atoms with E-state index in [1.165, 1.54) is 38.1 Å². The lowest BCUT2D eigenvalue weighted by Gasteiger charge is -2.23. The number of nitro benzene ring substituents is 1. The van der Waals surface area contributed by atoms with Crippen molar-refractivity contribution < 1.29 is 24.7 Å². The van der Waals surface area contributed by atoms with Crippen LogP contribution in [-0.2, 0) is 9.59 Å². The molecule has 24 heavy (non-hydrogen) atoms. The van der Waals surface area contributed by atoms with Gasteiger partial charge in [0.05, 0.1) is 17.1 Å². The molecule has 0 aromatic heterocycles. The van der Waals surface area contributed by atoms with E-state index in [0.717, 1.165) is 0 Å². The Bertz CT molecular complexity index is 602. The third-order valence-electron chi connectivity index (χ3n) is 3.23. The first-order chi connectivity index (χ1) is 11.1. The summed E-state index contributed by atoms with van der Waals surface area (Å²) < 4.78 is 0. The third-order valence-corrected chi connectivity index (χ3v) is 3.23. The maximum Gasteiger partial charge on any atom is 0.269 e. The Labute approximate surface area is 137 Å². The van der Waals surface area contributed by atoms with Crippen molar-refractivity contribution in [3.8, 4) is 0 Å². The predicted molar refractivity (Wildman–Crippen MR) is 85.0 cm³/mol. The summed E-state index contributed by atoms with van der Waals surface area (Å²) in [6.07, 6.45) is -2.36. The summed E-state index contributed by atoms with van der Waals surface area (Å²) in [6, 6.07) is 2.48. The summed E-state index contributed by atoms with van der Waals surface area (Å²) in [7, 11) is 0. The first-order valence-corrected chi connectivity index (χ1v) is 7.11. The van der Waals surface area contributed by atoms with Crippen LogP contribution in [-0.4, -0.2) is 51.2 Å². The van der Waals surface area contributed by atoms with Gasteiger partial charge in [-0.2, -0.15) is 0 Å². The molecule has 0 heterocycles. The number of carbonyl (C=O) groups is 2. The maximum atomic E-state index is 12.2. The molecule has 10 heteroatoms. The smallest absolute Gasteiger partial charge is 0.269 e. The van der Waals surface area contributed by atoms with Crippen molar-refractivity contribution >= 4 is 23.2 Å². The summed E-state index contributed by atoms with van der Waals surface area (Å²) >= 11 is 0. The minimum absolute atomic E-state index is 0.142. The molecule has 0 radical (unpaired) electrons. The Morgan fingerprint density at radius 3 is 2.08 bits per heavy atom. The Kier molecular flexibility index (Phi) is 6.77. The van der Waals surface area contributed by atoms with E-state index in [9.17, 15) is 29.9 Å². The number of non-ortho nitro benzene ring substituents is 1. The minimum atomic E-state index is -1.31. The summed E-state index contributed by atoms with van der Waals surface area (Å²) in [4.78, 5) is 34.0. The van der Waals surface area contributed by atoms with E-state index in [2.05, 4.69) is 10.6 Å². The lowest BCUT2D eigenvalue weighted by atomic mass is 10.1. The highest BCUT2D eigenvalue weighted by molar-refractivity contribution is 5.98. The maximum absolute atomic E-state index is 12.2. The van der Waals surface area contributed by atoms with Gasteiger partial charge in [0.1, 0.15) is 12.1 Å². The van der Waals surface area contributed by atoms with Gasteiger partial charge in [0.15, 0.2) is 0 Å². The molecule has 0 fully saturated rings. The molecular weight excluding hydrogens is 320 g/mol. The Balaban J connectivity index is 2.80. The van der Waals surface area contributed by atoms with E-state index < -0.39 is 41.0 Å². The zero-order valence-electron chi connectivity index (χ0n) is 13.2. The third kappa shape index (κ3) is 5.26. The highest BCUT2D eigenvalue weighted by Gasteiger charge is 2.29. The molecule has 2 amide bonds. The van der Waals surface area contributed by atoms with Crippen LogP contribution in [0, 0.1) is 10.1 Å². The molecule has 1 aromatic rings. The minimum Gasteiger partial charge on any atom is -0.391 e. The molecule has 1 aromatic carbocycles. The highest BCUT2D eigenvalue weighted by Crippen LogP contribution is 2.15. The van der Waals surface area contributed by atoms with Crippen LogP contribution >= 0.6 is 0 Å². The average molecular weight is 340 g/mol. The monoisotopic (exact) mass is 340 g/mol. The molecule has 132 valence electrons. The molecule has 10 nitrogen and oxygen atoms in total. The second-order valence-corrected chi connectivity index (χ2v) is 5.29. The molecular formula is C14H20N4O6. The number of aliphatic hydroxyl groups excluding tert-OH is 2. The van der Waals surface area contributed by atoms with Crippen molar-refractivity contribution in [1.29, 1.82) is 0 Å². The standard InChI is InChI=1S/C14H20N4O6/c1-7(19)11(15)13(21)17-12(8(2)20)14(22)16-9-3-5-10(6-4-9)18(23)24/h3-8,11-12,19-20H,15H2,1-2H3,(H,16,22)(H,17,21)/t7-,8-,11-,12-/m0/s1. The number of nitro groups is 1. The molecule has 0 aliphatic heterocycles. The lowest BCUT2D eigenvalue weighted by molar-refractivity contribution is -0.384. The fraction of sp³-hybridized carbons (Fsp3) is 0.429. The zero-order valence-corrected chi connectivity index (χ0v) is 13.2. The van der Waals surface area contributed by atoms with Crippen molar-refractivity contribution in [2.45, 2.75) is 38.1 Å². The first kappa shape index (κ1) is 19.5. The van der Waals surface area contributed by atoms with Crippen LogP contribution in [0.3, 0.4) is 0 Å². The number of nitrogens with zero attached hydrogens (tertiary/aromatic N) is 1. The number of rotatable bonds is 7. The van der Waals surface area contributed by atoms with Gasteiger partial charge in [0.2, 0.25) is 11.8 Å². The van der Waals surface area contributed by atoms with E-state index in [-0.39, 0.29) is 11.4 Å². The number of nitrogens with one attached hydrogen (secondary N) is 2. The van der Waals surface area contributed by atoms with Crippen LogP contribution in [0.25, 0.3) is 0 Å². The number of anilines is 1. The van der Waals surface area contributed by atoms with Gasteiger partial charge in [0, 0.05) is 17.8 Å². The molecule has 0 saturated heterocycles. The fourth-order valence-electron chi connectivity index (χ4n) is 1.76. The molecule has 6 N–H and O–H groups in total. The molecule has 1 rings (SSSR count). The Hall–Kier alpha value is -2.56. The number of amides is 2. The van der Waals surface area contributed by atoms with Crippen molar-refractivity contribution in [3.05, 3.63) is 34.4 Å². The van der Waals surface area contributed by atoms with E-state index in [0.29, 0.717) is 0 Å². The molecule has 4 atom stereocenters. The number of benzene rings is 1. The van der Waals surface area contributed by atoms with Gasteiger partial charge < -0.3 is 26.6 Å². The normalized spacial score (nSPS) is 15.7. The number of hydrogen-bond acceptors (Lipinski definition) is 7. The first-order valence-electron chi connectivity index (χ1n) is 7.11. The number of aliphatic hydroxyl groups is 2. The van der Waals surface area contributed by atoms with Crippen LogP contribution in [0.2, 0.25) is 0 Å². The van der Waals surface area contributed by atoms with Gasteiger partial charge in [-0.3, -0.25) is 19.7 Å². The van der Waals surface area contributed by atoms with Crippen LogP contribution in [0.5, 0.6) is 0 Å². The lowest BCUT2D eigenvalue weighted by Crippen LogP contribution is -2.56. The molecule has 0 spiro atoms. The van der Waals surface area contributed by atoms with Gasteiger partial charge in [-0.1, -0.05) is 0 Å². The van der Waals surface area contributed by atoms with Crippen LogP contribution in [0.15, 0.2) is 24.3 Å². The van der Waals surface area contributed by atoms with Crippen LogP contribution < -0.4 is 16.4 Å². The van der Waals surface area contributed by atoms with Gasteiger partial charge in [-0.05, 0) is 26.0 Å². The van der Waals surface area contributed by atoms with Crippen molar-refractivity contribution in [2.75, 3.05) is 5.32 Å². The van der Waals surface area contributed by atoms with Crippen LogP contribution in [0.4, 0.5) is 11.4 Å². The SMILES string of the molecule is C[C@H](O)[C@H](N)C(=O)N[C@H](C(=O)Nc1ccc([N+](=O)[O-])cc1)[C@H](C)O. The Morgan fingerprint density at radius 2 is 1.67 bits per heavy atom. The van der Waals surface area contributed by atoms with E-state index in [4.69, 9.17) is 5.73 Å². The van der Waals surface area contributed by atoms with E-state index >= 15 is 0 Å². The predicted octanol–water partition coefficient (Wildman–Crippen LogP) is -0.893. The van der Waals surface area contributed by atoms with Crippen molar-refractivity contribution in [1.82, 2.24) is 5.32 Å². The largest absolute Gasteiger partial charge is 0.391 e. The number of hydrogen-bond donors (Lipinski definition) is 5. The van der Waals surface area contributed by atoms with E-state index in [1.54, 1.807) is 0 Å². The second kappa shape index (κ2) is 8.34. The summed E-state index contributed by atoms with van der Waals surface area (Å²) in [6.45, 7) is 2.62. The zero-order chi connectivity index (χ0) is 18.4. The van der Waals surface area contributed by atoms with Gasteiger partial charge >= 0.3 is 0 Å². The molecule has 0 unspecified atom stereocenters. The van der Waals surface area contributed by atoms with Gasteiger partial charge in [-0.25, -0.2) is 0 Å². The van der Waals surface area contributed by atoms with E-state index in [1.807, 2.05) is 0 Å². The molecule has 0 aliphatic carbocycles. The van der Waals surface area contributed by atoms with Gasteiger partial charge in [0.25, 0.3) is 5.69 Å². The molecule has 0 bridgehead atoms. The van der Waals surface area contributed by atoms with Crippen LogP contribution in [0.1, 0.15) is 13.8 Å². The number of nitrogens with two attached hydrogens (primary N) is 1. The summed E-state index contributed by atoms with van der Waals surface area (Å²) in [5.41, 5.74) is 5.58. The topological polar surface area (TPSA) is 168 Å².